The number of hydrogen-bond acceptors (Lipinski definition) is 11. The van der Waals surface area contributed by atoms with Gasteiger partial charge in [0.1, 0.15) is 17.4 Å². The van der Waals surface area contributed by atoms with Crippen LogP contribution in [0, 0.1) is 12.8 Å². The number of pyridine rings is 1. The topological polar surface area (TPSA) is 155 Å². The van der Waals surface area contributed by atoms with E-state index in [0.29, 0.717) is 52.3 Å². The number of aromatic nitrogens is 7. The Morgan fingerprint density at radius 3 is 2.52 bits per heavy atom. The number of rotatable bonds is 10. The van der Waals surface area contributed by atoms with Crippen molar-refractivity contribution < 1.29 is 13.2 Å². The van der Waals surface area contributed by atoms with Gasteiger partial charge in [0.25, 0.3) is 5.56 Å². The molecule has 0 unspecified atom stereocenters. The van der Waals surface area contributed by atoms with Crippen LogP contribution in [0.25, 0.3) is 22.6 Å². The molecule has 210 valence electrons. The number of hydrogen-bond donors (Lipinski definition) is 1. The standard InChI is InChI=1S/C27H32N8O4S/c1-6-40(37,38)19-10-9-18(28-12-19)11-29-24-27(36)35(13-15(2)3)25-21(33-24)16(4)32-23(34-25)20-22(17-7-8-17)30-14-31-26(20)39-5/h9-10,12,14-15,17H,6-8,11,13H2,1-5H3,(H,29,33). The van der Waals surface area contributed by atoms with Gasteiger partial charge < -0.3 is 10.1 Å². The summed E-state index contributed by atoms with van der Waals surface area (Å²) in [6, 6.07) is 3.14. The van der Waals surface area contributed by atoms with Crippen LogP contribution < -0.4 is 15.6 Å². The maximum Gasteiger partial charge on any atom is 0.294 e. The van der Waals surface area contributed by atoms with E-state index in [1.165, 1.54) is 18.6 Å². The largest absolute Gasteiger partial charge is 0.480 e. The Labute approximate surface area is 232 Å². The number of ether oxygens (including phenoxy) is 1. The number of anilines is 1. The van der Waals surface area contributed by atoms with Crippen molar-refractivity contribution in [2.45, 2.75) is 64.4 Å². The molecule has 1 saturated carbocycles. The van der Waals surface area contributed by atoms with Gasteiger partial charge in [-0.3, -0.25) is 14.3 Å². The van der Waals surface area contributed by atoms with Crippen LogP contribution in [0.1, 0.15) is 56.6 Å². The molecule has 1 aliphatic rings. The van der Waals surface area contributed by atoms with Crippen molar-refractivity contribution in [2.24, 2.45) is 5.92 Å². The quantitative estimate of drug-likeness (QED) is 0.302. The molecular weight excluding hydrogens is 532 g/mol. The first kappa shape index (κ1) is 27.6. The first-order valence-corrected chi connectivity index (χ1v) is 14.9. The first-order valence-electron chi connectivity index (χ1n) is 13.2. The summed E-state index contributed by atoms with van der Waals surface area (Å²) in [4.78, 5) is 41.1. The maximum absolute atomic E-state index is 13.7. The van der Waals surface area contributed by atoms with Crippen LogP contribution in [0.4, 0.5) is 5.82 Å². The molecule has 1 aliphatic carbocycles. The zero-order valence-electron chi connectivity index (χ0n) is 23.2. The molecule has 13 heteroatoms. The molecule has 1 N–H and O–H groups in total. The van der Waals surface area contributed by atoms with E-state index < -0.39 is 9.84 Å². The minimum atomic E-state index is -3.35. The van der Waals surface area contributed by atoms with Gasteiger partial charge in [-0.15, -0.1) is 0 Å². The van der Waals surface area contributed by atoms with Gasteiger partial charge in [-0.2, -0.15) is 0 Å². The normalized spacial score (nSPS) is 13.7. The van der Waals surface area contributed by atoms with Crippen LogP contribution in [-0.4, -0.2) is 55.8 Å². The summed E-state index contributed by atoms with van der Waals surface area (Å²) in [6.07, 6.45) is 4.88. The Morgan fingerprint density at radius 1 is 1.12 bits per heavy atom. The van der Waals surface area contributed by atoms with Crippen LogP contribution in [0.15, 0.2) is 34.3 Å². The molecule has 0 spiro atoms. The number of sulfone groups is 1. The lowest BCUT2D eigenvalue weighted by Crippen LogP contribution is -2.28. The Hall–Kier alpha value is -4.00. The van der Waals surface area contributed by atoms with E-state index in [1.54, 1.807) is 24.7 Å². The van der Waals surface area contributed by atoms with Gasteiger partial charge in [0, 0.05) is 18.7 Å². The summed E-state index contributed by atoms with van der Waals surface area (Å²) in [5.41, 5.74) is 3.25. The molecule has 0 radical (unpaired) electrons. The van der Waals surface area contributed by atoms with Crippen LogP contribution in [0.3, 0.4) is 0 Å². The van der Waals surface area contributed by atoms with Gasteiger partial charge in [0.15, 0.2) is 27.1 Å². The third-order valence-electron chi connectivity index (χ3n) is 6.71. The third-order valence-corrected chi connectivity index (χ3v) is 8.43. The van der Waals surface area contributed by atoms with Crippen LogP contribution >= 0.6 is 0 Å². The van der Waals surface area contributed by atoms with E-state index >= 15 is 0 Å². The van der Waals surface area contributed by atoms with E-state index in [1.807, 2.05) is 20.8 Å². The molecule has 40 heavy (non-hydrogen) atoms. The van der Waals surface area contributed by atoms with Gasteiger partial charge >= 0.3 is 0 Å². The Morgan fingerprint density at radius 2 is 1.90 bits per heavy atom. The van der Waals surface area contributed by atoms with E-state index in [9.17, 15) is 13.2 Å². The predicted octanol–water partition coefficient (Wildman–Crippen LogP) is 3.29. The maximum atomic E-state index is 13.7. The molecule has 1 fully saturated rings. The molecule has 4 heterocycles. The average molecular weight is 565 g/mol. The van der Waals surface area contributed by atoms with Crippen LogP contribution in [-0.2, 0) is 22.9 Å². The summed E-state index contributed by atoms with van der Waals surface area (Å²) in [5.74, 6) is 1.39. The van der Waals surface area contributed by atoms with Crippen molar-refractivity contribution in [3.05, 3.63) is 52.1 Å². The molecule has 0 aromatic carbocycles. The summed E-state index contributed by atoms with van der Waals surface area (Å²) in [5, 5.41) is 3.08. The van der Waals surface area contributed by atoms with Gasteiger partial charge in [-0.1, -0.05) is 20.8 Å². The number of nitrogens with zero attached hydrogens (tertiary/aromatic N) is 7. The molecule has 0 aliphatic heterocycles. The number of methoxy groups -OCH3 is 1. The number of aryl methyl sites for hydroxylation is 1. The highest BCUT2D eigenvalue weighted by Crippen LogP contribution is 2.45. The molecule has 4 aromatic heterocycles. The van der Waals surface area contributed by atoms with Crippen molar-refractivity contribution in [1.82, 2.24) is 34.5 Å². The van der Waals surface area contributed by atoms with Crippen molar-refractivity contribution >= 4 is 26.8 Å². The zero-order valence-corrected chi connectivity index (χ0v) is 24.0. The average Bonchev–Trinajstić information content (AvgIpc) is 3.79. The van der Waals surface area contributed by atoms with E-state index in [2.05, 4.69) is 25.3 Å². The van der Waals surface area contributed by atoms with Gasteiger partial charge in [-0.25, -0.2) is 33.3 Å². The van der Waals surface area contributed by atoms with Crippen molar-refractivity contribution in [2.75, 3.05) is 18.2 Å². The summed E-state index contributed by atoms with van der Waals surface area (Å²) in [6.45, 7) is 8.07. The highest BCUT2D eigenvalue weighted by atomic mass is 32.2. The Bertz CT molecular complexity index is 1730. The molecule has 0 amide bonds. The summed E-state index contributed by atoms with van der Waals surface area (Å²) >= 11 is 0. The monoisotopic (exact) mass is 564 g/mol. The summed E-state index contributed by atoms with van der Waals surface area (Å²) in [7, 11) is -1.79. The van der Waals surface area contributed by atoms with E-state index in [4.69, 9.17) is 14.7 Å². The second-order valence-electron chi connectivity index (χ2n) is 10.2. The second-order valence-corrected chi connectivity index (χ2v) is 12.5. The van der Waals surface area contributed by atoms with E-state index in [-0.39, 0.29) is 34.5 Å². The smallest absolute Gasteiger partial charge is 0.294 e. The number of nitrogens with one attached hydrogen (secondary N) is 1. The second kappa shape index (κ2) is 10.9. The lowest BCUT2D eigenvalue weighted by atomic mass is 10.1. The van der Waals surface area contributed by atoms with E-state index in [0.717, 1.165) is 18.5 Å². The molecular formula is C27H32N8O4S. The Balaban J connectivity index is 1.57. The fraction of sp³-hybridized carbons (Fsp3) is 0.444. The fourth-order valence-corrected chi connectivity index (χ4v) is 5.29. The highest BCUT2D eigenvalue weighted by molar-refractivity contribution is 7.91. The van der Waals surface area contributed by atoms with Crippen molar-refractivity contribution in [3.8, 4) is 17.3 Å². The van der Waals surface area contributed by atoms with Crippen LogP contribution in [0.2, 0.25) is 0 Å². The third kappa shape index (κ3) is 5.37. The molecule has 12 nitrogen and oxygen atoms in total. The molecule has 0 atom stereocenters. The Kier molecular flexibility index (Phi) is 7.49. The van der Waals surface area contributed by atoms with Gasteiger partial charge in [0.05, 0.1) is 41.4 Å². The number of fused-ring (bicyclic) bond motifs is 1. The van der Waals surface area contributed by atoms with Crippen LogP contribution in [0.5, 0.6) is 5.88 Å². The van der Waals surface area contributed by atoms with Gasteiger partial charge in [0.2, 0.25) is 5.88 Å². The minimum absolute atomic E-state index is 0.00220. The van der Waals surface area contributed by atoms with Crippen molar-refractivity contribution in [1.29, 1.82) is 0 Å². The molecule has 5 rings (SSSR count). The molecule has 0 bridgehead atoms. The molecule has 4 aromatic rings. The summed E-state index contributed by atoms with van der Waals surface area (Å²) < 4.78 is 31.3. The lowest BCUT2D eigenvalue weighted by Gasteiger charge is -2.17. The SMILES string of the molecule is CCS(=O)(=O)c1ccc(CNc2nc3c(C)nc(-c4c(OC)ncnc4C4CC4)nc3n(CC(C)C)c2=O)nc1. The van der Waals surface area contributed by atoms with Gasteiger partial charge in [-0.05, 0) is 37.8 Å². The minimum Gasteiger partial charge on any atom is -0.480 e. The molecule has 0 saturated heterocycles. The zero-order chi connectivity index (χ0) is 28.6. The first-order chi connectivity index (χ1) is 19.1. The lowest BCUT2D eigenvalue weighted by molar-refractivity contribution is 0.397. The fourth-order valence-electron chi connectivity index (χ4n) is 4.47. The highest BCUT2D eigenvalue weighted by Gasteiger charge is 2.32. The predicted molar refractivity (Wildman–Crippen MR) is 150 cm³/mol. The van der Waals surface area contributed by atoms with Crippen molar-refractivity contribution in [3.63, 3.8) is 0 Å².